The van der Waals surface area contributed by atoms with Crippen LogP contribution in [0.5, 0.6) is 0 Å². The van der Waals surface area contributed by atoms with Gasteiger partial charge in [-0.3, -0.25) is 0 Å². The molecule has 0 heterocycles. The molecule has 0 radical (unpaired) electrons. The molecular weight excluding hydrogens is 284 g/mol. The Labute approximate surface area is 120 Å². The molecule has 0 saturated heterocycles. The van der Waals surface area contributed by atoms with E-state index in [1.165, 1.54) is 6.07 Å². The fourth-order valence-electron chi connectivity index (χ4n) is 1.62. The molecule has 1 unspecified atom stereocenters. The average Bonchev–Trinajstić information content (AvgIpc) is 2.31. The predicted molar refractivity (Wildman–Crippen MR) is 78.8 cm³/mol. The molecule has 0 saturated carbocycles. The first-order chi connectivity index (χ1) is 8.62. The lowest BCUT2D eigenvalue weighted by molar-refractivity contribution is 0.315. The minimum absolute atomic E-state index is 0.0757. The number of aryl methyl sites for hydroxylation is 1. The van der Waals surface area contributed by atoms with Crippen molar-refractivity contribution in [1.29, 1.82) is 0 Å². The van der Waals surface area contributed by atoms with Gasteiger partial charge in [-0.05, 0) is 37.5 Å². The van der Waals surface area contributed by atoms with E-state index in [2.05, 4.69) is 4.72 Å². The minimum atomic E-state index is -3.64. The highest BCUT2D eigenvalue weighted by atomic mass is 35.5. The standard InChI is InChI=1S/C13H21ClN2O2S/c1-9(2)13(4,8-15)16-19(17,18)12-7-11(14)6-5-10(12)3/h5-7,9,16H,8,15H2,1-4H3. The van der Waals surface area contributed by atoms with Gasteiger partial charge in [0.1, 0.15) is 0 Å². The Bertz CT molecular complexity index is 558. The topological polar surface area (TPSA) is 72.2 Å². The van der Waals surface area contributed by atoms with Gasteiger partial charge in [0.25, 0.3) is 0 Å². The summed E-state index contributed by atoms with van der Waals surface area (Å²) < 4.78 is 27.6. The maximum absolute atomic E-state index is 12.5. The maximum atomic E-state index is 12.5. The third-order valence-electron chi connectivity index (χ3n) is 3.51. The lowest BCUT2D eigenvalue weighted by Crippen LogP contribution is -2.54. The van der Waals surface area contributed by atoms with Gasteiger partial charge in [-0.25, -0.2) is 13.1 Å². The number of hydrogen-bond donors (Lipinski definition) is 2. The summed E-state index contributed by atoms with van der Waals surface area (Å²) in [6.45, 7) is 7.62. The van der Waals surface area contributed by atoms with Gasteiger partial charge in [0.15, 0.2) is 0 Å². The zero-order valence-electron chi connectivity index (χ0n) is 11.7. The molecule has 6 heteroatoms. The maximum Gasteiger partial charge on any atom is 0.241 e. The van der Waals surface area contributed by atoms with E-state index < -0.39 is 15.6 Å². The highest BCUT2D eigenvalue weighted by Gasteiger charge is 2.33. The number of nitrogens with one attached hydrogen (secondary N) is 1. The first-order valence-electron chi connectivity index (χ1n) is 6.12. The van der Waals surface area contributed by atoms with Gasteiger partial charge in [0.05, 0.1) is 4.90 Å². The zero-order chi connectivity index (χ0) is 14.8. The van der Waals surface area contributed by atoms with Gasteiger partial charge in [-0.1, -0.05) is 31.5 Å². The Balaban J connectivity index is 3.22. The van der Waals surface area contributed by atoms with Crippen LogP contribution in [0, 0.1) is 12.8 Å². The van der Waals surface area contributed by atoms with Crippen LogP contribution in [0.1, 0.15) is 26.3 Å². The number of sulfonamides is 1. The lowest BCUT2D eigenvalue weighted by atomic mass is 9.90. The van der Waals surface area contributed by atoms with Crippen molar-refractivity contribution >= 4 is 21.6 Å². The summed E-state index contributed by atoms with van der Waals surface area (Å²) in [4.78, 5) is 0.195. The Hall–Kier alpha value is -0.620. The van der Waals surface area contributed by atoms with Gasteiger partial charge in [-0.2, -0.15) is 0 Å². The summed E-state index contributed by atoms with van der Waals surface area (Å²) in [5, 5.41) is 0.393. The van der Waals surface area contributed by atoms with Crippen LogP contribution in [-0.2, 0) is 10.0 Å². The van der Waals surface area contributed by atoms with E-state index in [1.807, 2.05) is 13.8 Å². The van der Waals surface area contributed by atoms with Gasteiger partial charge in [-0.15, -0.1) is 0 Å². The van der Waals surface area contributed by atoms with E-state index in [0.29, 0.717) is 10.6 Å². The summed E-state index contributed by atoms with van der Waals surface area (Å²) in [5.74, 6) is 0.0757. The van der Waals surface area contributed by atoms with E-state index in [9.17, 15) is 8.42 Å². The molecule has 0 bridgehead atoms. The molecule has 0 aliphatic rings. The summed E-state index contributed by atoms with van der Waals surface area (Å²) in [7, 11) is -3.64. The lowest BCUT2D eigenvalue weighted by Gasteiger charge is -2.33. The predicted octanol–water partition coefficient (Wildman–Crippen LogP) is 2.30. The highest BCUT2D eigenvalue weighted by molar-refractivity contribution is 7.89. The SMILES string of the molecule is Cc1ccc(Cl)cc1S(=O)(=O)NC(C)(CN)C(C)C. The monoisotopic (exact) mass is 304 g/mol. The molecule has 0 aromatic heterocycles. The van der Waals surface area contributed by atoms with E-state index in [-0.39, 0.29) is 17.4 Å². The first kappa shape index (κ1) is 16.4. The summed E-state index contributed by atoms with van der Waals surface area (Å²) >= 11 is 5.87. The van der Waals surface area contributed by atoms with Crippen LogP contribution >= 0.6 is 11.6 Å². The van der Waals surface area contributed by atoms with Crippen molar-refractivity contribution in [3.63, 3.8) is 0 Å². The minimum Gasteiger partial charge on any atom is -0.329 e. The molecule has 1 aromatic rings. The first-order valence-corrected chi connectivity index (χ1v) is 7.98. The second kappa shape index (κ2) is 5.79. The average molecular weight is 305 g/mol. The molecular formula is C13H21ClN2O2S. The Morgan fingerprint density at radius 2 is 2.00 bits per heavy atom. The highest BCUT2D eigenvalue weighted by Crippen LogP contribution is 2.23. The van der Waals surface area contributed by atoms with E-state index in [4.69, 9.17) is 17.3 Å². The van der Waals surface area contributed by atoms with Crippen LogP contribution in [0.15, 0.2) is 23.1 Å². The number of benzene rings is 1. The Kier molecular flexibility index (Phi) is 5.01. The molecule has 3 N–H and O–H groups in total. The molecule has 19 heavy (non-hydrogen) atoms. The molecule has 0 amide bonds. The molecule has 1 aromatic carbocycles. The molecule has 1 atom stereocenters. The van der Waals surface area contributed by atoms with Gasteiger partial charge < -0.3 is 5.73 Å². The van der Waals surface area contributed by atoms with Crippen LogP contribution in [0.3, 0.4) is 0 Å². The van der Waals surface area contributed by atoms with Crippen LogP contribution in [-0.4, -0.2) is 20.5 Å². The van der Waals surface area contributed by atoms with Crippen molar-refractivity contribution < 1.29 is 8.42 Å². The summed E-state index contributed by atoms with van der Waals surface area (Å²) in [6, 6.07) is 4.81. The van der Waals surface area contributed by atoms with Crippen LogP contribution in [0.25, 0.3) is 0 Å². The molecule has 0 fully saturated rings. The van der Waals surface area contributed by atoms with Gasteiger partial charge >= 0.3 is 0 Å². The van der Waals surface area contributed by atoms with Crippen LogP contribution < -0.4 is 10.5 Å². The van der Waals surface area contributed by atoms with E-state index >= 15 is 0 Å². The van der Waals surface area contributed by atoms with Gasteiger partial charge in [0, 0.05) is 17.1 Å². The number of nitrogens with two attached hydrogens (primary N) is 1. The Morgan fingerprint density at radius 3 is 2.47 bits per heavy atom. The van der Waals surface area contributed by atoms with Crippen molar-refractivity contribution in [3.05, 3.63) is 28.8 Å². The van der Waals surface area contributed by atoms with E-state index in [1.54, 1.807) is 26.0 Å². The largest absolute Gasteiger partial charge is 0.329 e. The number of rotatable bonds is 5. The molecule has 0 spiro atoms. The second-order valence-corrected chi connectivity index (χ2v) is 7.38. The fourth-order valence-corrected chi connectivity index (χ4v) is 3.67. The third-order valence-corrected chi connectivity index (χ3v) is 5.49. The van der Waals surface area contributed by atoms with Crippen molar-refractivity contribution in [3.8, 4) is 0 Å². The quantitative estimate of drug-likeness (QED) is 0.876. The molecule has 0 aliphatic heterocycles. The van der Waals surface area contributed by atoms with E-state index in [0.717, 1.165) is 0 Å². The van der Waals surface area contributed by atoms with Crippen molar-refractivity contribution in [2.24, 2.45) is 11.7 Å². The summed E-state index contributed by atoms with van der Waals surface area (Å²) in [6.07, 6.45) is 0. The van der Waals surface area contributed by atoms with Crippen molar-refractivity contribution in [2.75, 3.05) is 6.54 Å². The number of hydrogen-bond acceptors (Lipinski definition) is 3. The van der Waals surface area contributed by atoms with Crippen molar-refractivity contribution in [1.82, 2.24) is 4.72 Å². The van der Waals surface area contributed by atoms with Crippen LogP contribution in [0.4, 0.5) is 0 Å². The van der Waals surface area contributed by atoms with Crippen molar-refractivity contribution in [2.45, 2.75) is 38.1 Å². The number of halogens is 1. The van der Waals surface area contributed by atoms with Crippen LogP contribution in [0.2, 0.25) is 5.02 Å². The zero-order valence-corrected chi connectivity index (χ0v) is 13.3. The normalized spacial score (nSPS) is 15.5. The molecule has 1 rings (SSSR count). The second-order valence-electron chi connectivity index (χ2n) is 5.29. The van der Waals surface area contributed by atoms with Gasteiger partial charge in [0.2, 0.25) is 10.0 Å². The Morgan fingerprint density at radius 1 is 1.42 bits per heavy atom. The fraction of sp³-hybridized carbons (Fsp3) is 0.538. The summed E-state index contributed by atoms with van der Waals surface area (Å²) in [5.41, 5.74) is 5.67. The molecule has 0 aliphatic carbocycles. The third kappa shape index (κ3) is 3.69. The smallest absolute Gasteiger partial charge is 0.241 e. The molecule has 4 nitrogen and oxygen atoms in total. The molecule has 108 valence electrons.